The van der Waals surface area contributed by atoms with Crippen LogP contribution in [0.5, 0.6) is 0 Å². The van der Waals surface area contributed by atoms with Crippen molar-refractivity contribution in [1.82, 2.24) is 8.87 Å². The second-order valence-electron chi connectivity index (χ2n) is 9.33. The van der Waals surface area contributed by atoms with Crippen LogP contribution in [0.1, 0.15) is 34.7 Å². The van der Waals surface area contributed by atoms with Crippen molar-refractivity contribution in [2.45, 2.75) is 37.1 Å². The molecule has 4 aromatic rings. The average molecular weight is 485 g/mol. The summed E-state index contributed by atoms with van der Waals surface area (Å²) in [5.41, 5.74) is 3.69. The minimum Gasteiger partial charge on any atom is -0.277 e. The summed E-state index contributed by atoms with van der Waals surface area (Å²) >= 11 is 0. The van der Waals surface area contributed by atoms with Crippen molar-refractivity contribution < 1.29 is 18.0 Å². The Balaban J connectivity index is 1.51. The molecule has 2 aliphatic rings. The molecule has 2 atom stereocenters. The van der Waals surface area contributed by atoms with Crippen LogP contribution >= 0.6 is 0 Å². The molecular weight excluding hydrogens is 460 g/mol. The molecule has 1 aliphatic carbocycles. The van der Waals surface area contributed by atoms with Crippen LogP contribution in [0, 0.1) is 12.8 Å². The standard InChI is InChI=1S/C28H24N2O4S/c1-18-11-13-20(14-12-18)35(33,34)30-23-10-6-5-9-21(23)25-24(30)16-15-22-26(25)28(32)29(27(22)31)17-19-7-3-2-4-8-19/h2-14,22,26H,15-17H2,1H3. The predicted molar refractivity (Wildman–Crippen MR) is 132 cm³/mol. The van der Waals surface area contributed by atoms with Gasteiger partial charge in [-0.3, -0.25) is 14.5 Å². The zero-order valence-electron chi connectivity index (χ0n) is 19.2. The zero-order chi connectivity index (χ0) is 24.3. The molecule has 1 aliphatic heterocycles. The van der Waals surface area contributed by atoms with Gasteiger partial charge >= 0.3 is 0 Å². The van der Waals surface area contributed by atoms with E-state index in [0.717, 1.165) is 16.5 Å². The average Bonchev–Trinajstić information content (AvgIpc) is 3.33. The Hall–Kier alpha value is -3.71. The Kier molecular flexibility index (Phi) is 4.93. The number of amides is 2. The molecule has 35 heavy (non-hydrogen) atoms. The van der Waals surface area contributed by atoms with Gasteiger partial charge in [-0.1, -0.05) is 66.2 Å². The molecule has 1 aromatic heterocycles. The number of likely N-dealkylation sites (tertiary alicyclic amines) is 1. The van der Waals surface area contributed by atoms with E-state index in [4.69, 9.17) is 0 Å². The van der Waals surface area contributed by atoms with E-state index < -0.39 is 21.9 Å². The number of carbonyl (C=O) groups is 2. The first kappa shape index (κ1) is 21.8. The first-order chi connectivity index (χ1) is 16.9. The van der Waals surface area contributed by atoms with Crippen LogP contribution in [0.3, 0.4) is 0 Å². The Bertz CT molecular complexity index is 1590. The van der Waals surface area contributed by atoms with E-state index in [2.05, 4.69) is 0 Å². The fraction of sp³-hybridized carbons (Fsp3) is 0.214. The minimum absolute atomic E-state index is 0.173. The third-order valence-corrected chi connectivity index (χ3v) is 9.00. The van der Waals surface area contributed by atoms with Crippen LogP contribution < -0.4 is 0 Å². The predicted octanol–water partition coefficient (Wildman–Crippen LogP) is 4.40. The highest BCUT2D eigenvalue weighted by Crippen LogP contribution is 2.48. The number of fused-ring (bicyclic) bond motifs is 5. The number of benzene rings is 3. The van der Waals surface area contributed by atoms with Crippen molar-refractivity contribution in [3.05, 3.63) is 101 Å². The Morgan fingerprint density at radius 1 is 0.857 bits per heavy atom. The lowest BCUT2D eigenvalue weighted by Gasteiger charge is -2.23. The number of hydrogen-bond acceptors (Lipinski definition) is 4. The van der Waals surface area contributed by atoms with Crippen molar-refractivity contribution in [3.63, 3.8) is 0 Å². The van der Waals surface area contributed by atoms with Gasteiger partial charge in [-0.2, -0.15) is 0 Å². The molecule has 176 valence electrons. The van der Waals surface area contributed by atoms with Gasteiger partial charge in [0.1, 0.15) is 0 Å². The van der Waals surface area contributed by atoms with E-state index in [1.165, 1.54) is 8.87 Å². The monoisotopic (exact) mass is 484 g/mol. The number of aryl methyl sites for hydroxylation is 1. The normalized spacial score (nSPS) is 19.7. The van der Waals surface area contributed by atoms with Gasteiger partial charge in [-0.15, -0.1) is 0 Å². The van der Waals surface area contributed by atoms with Gasteiger partial charge in [0.25, 0.3) is 10.0 Å². The highest BCUT2D eigenvalue weighted by atomic mass is 32.2. The van der Waals surface area contributed by atoms with Crippen LogP contribution in [0.2, 0.25) is 0 Å². The van der Waals surface area contributed by atoms with Gasteiger partial charge in [0.05, 0.1) is 28.8 Å². The maximum atomic E-state index is 13.8. The van der Waals surface area contributed by atoms with Crippen molar-refractivity contribution in [1.29, 1.82) is 0 Å². The number of rotatable bonds is 4. The molecule has 7 heteroatoms. The van der Waals surface area contributed by atoms with Gasteiger partial charge < -0.3 is 0 Å². The first-order valence-corrected chi connectivity index (χ1v) is 13.2. The fourth-order valence-electron chi connectivity index (χ4n) is 5.58. The molecular formula is C28H24N2O4S. The quantitative estimate of drug-likeness (QED) is 0.402. The number of imide groups is 1. The molecule has 6 rings (SSSR count). The summed E-state index contributed by atoms with van der Waals surface area (Å²) in [6.45, 7) is 2.13. The third kappa shape index (κ3) is 3.26. The zero-order valence-corrected chi connectivity index (χ0v) is 20.0. The van der Waals surface area contributed by atoms with Crippen LogP contribution in [-0.4, -0.2) is 29.1 Å². The number of para-hydroxylation sites is 1. The fourth-order valence-corrected chi connectivity index (χ4v) is 7.17. The van der Waals surface area contributed by atoms with E-state index in [-0.39, 0.29) is 23.3 Å². The number of hydrogen-bond donors (Lipinski definition) is 0. The molecule has 1 saturated heterocycles. The van der Waals surface area contributed by atoms with E-state index in [0.29, 0.717) is 29.6 Å². The van der Waals surface area contributed by atoms with Gasteiger partial charge in [0.2, 0.25) is 11.8 Å². The SMILES string of the molecule is Cc1ccc(S(=O)(=O)n2c3c(c4ccccc42)C2C(=O)N(Cc4ccccc4)C(=O)C2CC3)cc1. The van der Waals surface area contributed by atoms with Crippen LogP contribution in [-0.2, 0) is 32.6 Å². The van der Waals surface area contributed by atoms with Crippen molar-refractivity contribution in [2.24, 2.45) is 5.92 Å². The number of nitrogens with zero attached hydrogens (tertiary/aromatic N) is 2. The summed E-state index contributed by atoms with van der Waals surface area (Å²) < 4.78 is 29.1. The Labute approximate surface area is 203 Å². The van der Waals surface area contributed by atoms with Crippen molar-refractivity contribution >= 4 is 32.7 Å². The van der Waals surface area contributed by atoms with Crippen LogP contribution in [0.4, 0.5) is 0 Å². The highest BCUT2D eigenvalue weighted by molar-refractivity contribution is 7.90. The molecule has 2 unspecified atom stereocenters. The molecule has 2 amide bonds. The minimum atomic E-state index is -3.90. The number of aromatic nitrogens is 1. The molecule has 1 fully saturated rings. The number of carbonyl (C=O) groups excluding carboxylic acids is 2. The summed E-state index contributed by atoms with van der Waals surface area (Å²) in [6, 6.07) is 23.5. The maximum Gasteiger partial charge on any atom is 0.268 e. The lowest BCUT2D eigenvalue weighted by Crippen LogP contribution is -2.30. The molecule has 0 saturated carbocycles. The van der Waals surface area contributed by atoms with E-state index in [1.54, 1.807) is 36.4 Å². The molecule has 6 nitrogen and oxygen atoms in total. The molecule has 0 radical (unpaired) electrons. The molecule has 0 spiro atoms. The molecule has 0 N–H and O–H groups in total. The molecule has 0 bridgehead atoms. The molecule has 3 aromatic carbocycles. The van der Waals surface area contributed by atoms with E-state index in [9.17, 15) is 18.0 Å². The van der Waals surface area contributed by atoms with Crippen molar-refractivity contribution in [2.75, 3.05) is 0 Å². The molecule has 2 heterocycles. The first-order valence-electron chi connectivity index (χ1n) is 11.7. The van der Waals surface area contributed by atoms with Gasteiger partial charge in [-0.05, 0) is 49.1 Å². The van der Waals surface area contributed by atoms with Crippen LogP contribution in [0.25, 0.3) is 10.9 Å². The van der Waals surface area contributed by atoms with Gasteiger partial charge in [-0.25, -0.2) is 12.4 Å². The Morgan fingerprint density at radius 2 is 1.54 bits per heavy atom. The van der Waals surface area contributed by atoms with Gasteiger partial charge in [0, 0.05) is 11.1 Å². The van der Waals surface area contributed by atoms with Gasteiger partial charge in [0.15, 0.2) is 0 Å². The lowest BCUT2D eigenvalue weighted by atomic mass is 9.78. The third-order valence-electron chi connectivity index (χ3n) is 7.23. The summed E-state index contributed by atoms with van der Waals surface area (Å²) in [7, 11) is -3.90. The van der Waals surface area contributed by atoms with E-state index in [1.807, 2.05) is 49.4 Å². The summed E-state index contributed by atoms with van der Waals surface area (Å²) in [5, 5.41) is 0.718. The van der Waals surface area contributed by atoms with Crippen molar-refractivity contribution in [3.8, 4) is 0 Å². The lowest BCUT2D eigenvalue weighted by molar-refractivity contribution is -0.140. The largest absolute Gasteiger partial charge is 0.277 e. The second kappa shape index (κ2) is 7.92. The second-order valence-corrected chi connectivity index (χ2v) is 11.1. The smallest absolute Gasteiger partial charge is 0.268 e. The summed E-state index contributed by atoms with van der Waals surface area (Å²) in [4.78, 5) is 28.6. The Morgan fingerprint density at radius 3 is 2.29 bits per heavy atom. The maximum absolute atomic E-state index is 13.8. The summed E-state index contributed by atoms with van der Waals surface area (Å²) in [6.07, 6.45) is 0.849. The summed E-state index contributed by atoms with van der Waals surface area (Å²) in [5.74, 6) is -1.57. The van der Waals surface area contributed by atoms with E-state index >= 15 is 0 Å². The highest BCUT2D eigenvalue weighted by Gasteiger charge is 2.52. The topological polar surface area (TPSA) is 76.5 Å². The van der Waals surface area contributed by atoms with Crippen LogP contribution in [0.15, 0.2) is 83.8 Å².